The van der Waals surface area contributed by atoms with Crippen LogP contribution in [0, 0.1) is 0 Å². The number of halogens is 1. The number of benzene rings is 2. The lowest BCUT2D eigenvalue weighted by molar-refractivity contribution is 0.121. The molecule has 0 amide bonds. The molecule has 0 saturated carbocycles. The van der Waals surface area contributed by atoms with Gasteiger partial charge in [-0.1, -0.05) is 48.5 Å². The fraction of sp³-hybridized carbons (Fsp3) is 0.294. The van der Waals surface area contributed by atoms with Crippen LogP contribution in [-0.2, 0) is 15.9 Å². The van der Waals surface area contributed by atoms with Crippen LogP contribution < -0.4 is 4.74 Å². The van der Waals surface area contributed by atoms with Gasteiger partial charge < -0.3 is 14.4 Å². The standard InChI is InChI=1S/C17H21O4P.ClH/c18-22(19,15-21-17-10-5-2-6-11-17)13-7-12-20-14-16-8-3-1-4-9-16;/h1-6,8-11H,7,12-15H2,(H,18,19);1H. The van der Waals surface area contributed by atoms with E-state index >= 15 is 0 Å². The van der Waals surface area contributed by atoms with Crippen molar-refractivity contribution in [1.29, 1.82) is 0 Å². The van der Waals surface area contributed by atoms with Crippen molar-refractivity contribution in [3.8, 4) is 5.75 Å². The summed E-state index contributed by atoms with van der Waals surface area (Å²) in [4.78, 5) is 9.87. The molecule has 4 nitrogen and oxygen atoms in total. The molecule has 126 valence electrons. The van der Waals surface area contributed by atoms with Gasteiger partial charge in [-0.25, -0.2) is 0 Å². The molecule has 0 aromatic heterocycles. The highest BCUT2D eigenvalue weighted by Gasteiger charge is 2.18. The molecule has 0 heterocycles. The molecule has 23 heavy (non-hydrogen) atoms. The molecule has 0 saturated heterocycles. The largest absolute Gasteiger partial charge is 0.484 e. The fourth-order valence-corrected chi connectivity index (χ4v) is 3.04. The van der Waals surface area contributed by atoms with E-state index in [2.05, 4.69) is 0 Å². The lowest BCUT2D eigenvalue weighted by atomic mass is 10.2. The molecule has 0 aliphatic carbocycles. The van der Waals surface area contributed by atoms with Gasteiger partial charge in [0.2, 0.25) is 7.37 Å². The summed E-state index contributed by atoms with van der Waals surface area (Å²) in [6.45, 7) is 0.988. The molecule has 1 unspecified atom stereocenters. The Hall–Kier alpha value is -1.32. The molecule has 0 spiro atoms. The Morgan fingerprint density at radius 2 is 1.57 bits per heavy atom. The number of rotatable bonds is 9. The summed E-state index contributed by atoms with van der Waals surface area (Å²) in [7, 11) is -3.27. The van der Waals surface area contributed by atoms with Gasteiger partial charge in [-0.15, -0.1) is 12.4 Å². The van der Waals surface area contributed by atoms with Gasteiger partial charge in [-0.3, -0.25) is 4.57 Å². The predicted molar refractivity (Wildman–Crippen MR) is 94.6 cm³/mol. The fourth-order valence-electron chi connectivity index (χ4n) is 1.93. The maximum atomic E-state index is 12.0. The van der Waals surface area contributed by atoms with Gasteiger partial charge >= 0.3 is 0 Å². The smallest absolute Gasteiger partial charge is 0.236 e. The molecule has 6 heteroatoms. The summed E-state index contributed by atoms with van der Waals surface area (Å²) in [5.41, 5.74) is 1.10. The van der Waals surface area contributed by atoms with E-state index in [0.717, 1.165) is 5.56 Å². The second kappa shape index (κ2) is 10.5. The van der Waals surface area contributed by atoms with Crippen LogP contribution in [0.15, 0.2) is 60.7 Å². The Labute approximate surface area is 143 Å². The van der Waals surface area contributed by atoms with Crippen molar-refractivity contribution in [2.45, 2.75) is 13.0 Å². The second-order valence-corrected chi connectivity index (χ2v) is 7.45. The molecule has 1 atom stereocenters. The third kappa shape index (κ3) is 8.19. The van der Waals surface area contributed by atoms with Crippen LogP contribution in [0.1, 0.15) is 12.0 Å². The van der Waals surface area contributed by atoms with Gasteiger partial charge in [0.05, 0.1) is 6.61 Å². The molecule has 0 aliphatic rings. The van der Waals surface area contributed by atoms with Crippen LogP contribution in [0.5, 0.6) is 5.75 Å². The zero-order valence-electron chi connectivity index (χ0n) is 12.8. The molecular weight excluding hydrogens is 335 g/mol. The van der Waals surface area contributed by atoms with E-state index in [1.165, 1.54) is 0 Å². The first kappa shape index (κ1) is 19.7. The first-order valence-electron chi connectivity index (χ1n) is 7.26. The molecule has 2 aromatic carbocycles. The van der Waals surface area contributed by atoms with Gasteiger partial charge in [0.1, 0.15) is 5.75 Å². The quantitative estimate of drug-likeness (QED) is 0.537. The molecule has 0 fully saturated rings. The van der Waals surface area contributed by atoms with E-state index in [9.17, 15) is 9.46 Å². The van der Waals surface area contributed by atoms with Crippen molar-refractivity contribution >= 4 is 19.8 Å². The highest BCUT2D eigenvalue weighted by molar-refractivity contribution is 7.57. The SMILES string of the molecule is Cl.O=P(O)(CCCOCc1ccccc1)COc1ccccc1. The monoisotopic (exact) mass is 356 g/mol. The molecule has 2 aromatic rings. The Bertz CT molecular complexity index is 592. The van der Waals surface area contributed by atoms with Crippen LogP contribution in [0.3, 0.4) is 0 Å². The van der Waals surface area contributed by atoms with E-state index in [1.807, 2.05) is 48.5 Å². The van der Waals surface area contributed by atoms with Crippen LogP contribution in [0.25, 0.3) is 0 Å². The normalized spacial score (nSPS) is 12.9. The maximum absolute atomic E-state index is 12.0. The third-order valence-electron chi connectivity index (χ3n) is 3.08. The van der Waals surface area contributed by atoms with Gasteiger partial charge in [0.15, 0.2) is 6.35 Å². The van der Waals surface area contributed by atoms with Crippen molar-refractivity contribution < 1.29 is 18.9 Å². The number of hydrogen-bond donors (Lipinski definition) is 1. The summed E-state index contributed by atoms with van der Waals surface area (Å²) in [6, 6.07) is 18.9. The van der Waals surface area contributed by atoms with Crippen molar-refractivity contribution in [3.63, 3.8) is 0 Å². The predicted octanol–water partition coefficient (Wildman–Crippen LogP) is 4.32. The molecule has 0 bridgehead atoms. The Morgan fingerprint density at radius 1 is 0.957 bits per heavy atom. The lowest BCUT2D eigenvalue weighted by Gasteiger charge is -2.13. The van der Waals surface area contributed by atoms with Gasteiger partial charge in [-0.2, -0.15) is 0 Å². The van der Waals surface area contributed by atoms with Crippen LogP contribution in [0.4, 0.5) is 0 Å². The van der Waals surface area contributed by atoms with Gasteiger partial charge in [0, 0.05) is 12.8 Å². The van der Waals surface area contributed by atoms with Crippen molar-refractivity contribution in [1.82, 2.24) is 0 Å². The van der Waals surface area contributed by atoms with Crippen molar-refractivity contribution in [3.05, 3.63) is 66.2 Å². The van der Waals surface area contributed by atoms with Crippen molar-refractivity contribution in [2.75, 3.05) is 19.1 Å². The number of hydrogen-bond acceptors (Lipinski definition) is 3. The van der Waals surface area contributed by atoms with E-state index in [4.69, 9.17) is 9.47 Å². The van der Waals surface area contributed by atoms with E-state index in [0.29, 0.717) is 25.4 Å². The molecule has 2 rings (SSSR count). The minimum absolute atomic E-state index is 0. The highest BCUT2D eigenvalue weighted by atomic mass is 35.5. The Morgan fingerprint density at radius 3 is 2.22 bits per heavy atom. The summed E-state index contributed by atoms with van der Waals surface area (Å²) >= 11 is 0. The van der Waals surface area contributed by atoms with E-state index in [1.54, 1.807) is 12.1 Å². The molecular formula is C17H22ClO4P. The summed E-state index contributed by atoms with van der Waals surface area (Å²) in [5.74, 6) is 0.608. The second-order valence-electron chi connectivity index (χ2n) is 5.05. The minimum atomic E-state index is -3.27. The average molecular weight is 357 g/mol. The van der Waals surface area contributed by atoms with Crippen LogP contribution >= 0.6 is 19.8 Å². The lowest BCUT2D eigenvalue weighted by Crippen LogP contribution is -2.04. The first-order chi connectivity index (χ1) is 10.7. The summed E-state index contributed by atoms with van der Waals surface area (Å²) < 4.78 is 22.8. The Balaban J connectivity index is 0.00000264. The van der Waals surface area contributed by atoms with Crippen LogP contribution in [0.2, 0.25) is 0 Å². The van der Waals surface area contributed by atoms with E-state index < -0.39 is 7.37 Å². The highest BCUT2D eigenvalue weighted by Crippen LogP contribution is 2.41. The average Bonchev–Trinajstić information content (AvgIpc) is 2.55. The zero-order valence-corrected chi connectivity index (χ0v) is 14.5. The topological polar surface area (TPSA) is 55.8 Å². The summed E-state index contributed by atoms with van der Waals surface area (Å²) in [5, 5.41) is 0. The summed E-state index contributed by atoms with van der Waals surface area (Å²) in [6.07, 6.45) is 0.586. The van der Waals surface area contributed by atoms with Crippen LogP contribution in [-0.4, -0.2) is 24.0 Å². The molecule has 1 N–H and O–H groups in total. The van der Waals surface area contributed by atoms with Gasteiger partial charge in [0.25, 0.3) is 0 Å². The Kier molecular flexibility index (Phi) is 8.97. The van der Waals surface area contributed by atoms with Crippen molar-refractivity contribution in [2.24, 2.45) is 0 Å². The zero-order chi connectivity index (χ0) is 15.7. The minimum Gasteiger partial charge on any atom is -0.484 e. The molecule has 0 radical (unpaired) electrons. The molecule has 0 aliphatic heterocycles. The first-order valence-corrected chi connectivity index (χ1v) is 9.29. The third-order valence-corrected chi connectivity index (χ3v) is 4.63. The van der Waals surface area contributed by atoms with Gasteiger partial charge in [-0.05, 0) is 24.1 Å². The number of para-hydroxylation sites is 1. The van der Waals surface area contributed by atoms with E-state index in [-0.39, 0.29) is 24.9 Å². The maximum Gasteiger partial charge on any atom is 0.236 e. The number of ether oxygens (including phenoxy) is 2.